The molecule has 100 valence electrons. The van der Waals surface area contributed by atoms with E-state index in [1.165, 1.54) is 7.11 Å². The van der Waals surface area contributed by atoms with Crippen molar-refractivity contribution in [2.75, 3.05) is 20.3 Å². The molecule has 0 spiro atoms. The van der Waals surface area contributed by atoms with Gasteiger partial charge in [-0.3, -0.25) is 9.05 Å². The van der Waals surface area contributed by atoms with Crippen molar-refractivity contribution in [3.63, 3.8) is 0 Å². The predicted octanol–water partition coefficient (Wildman–Crippen LogP) is 2.23. The highest BCUT2D eigenvalue weighted by atomic mass is 31.2. The summed E-state index contributed by atoms with van der Waals surface area (Å²) in [5, 5.41) is 0. The summed E-state index contributed by atoms with van der Waals surface area (Å²) in [7, 11) is -2.35. The van der Waals surface area contributed by atoms with Crippen molar-refractivity contribution < 1.29 is 23.3 Å². The first-order valence-electron chi connectivity index (χ1n) is 5.38. The van der Waals surface area contributed by atoms with Crippen molar-refractivity contribution >= 4 is 7.82 Å². The summed E-state index contributed by atoms with van der Waals surface area (Å²) in [5.41, 5.74) is 0. The molecule has 0 aromatic heterocycles. The van der Waals surface area contributed by atoms with Gasteiger partial charge in [-0.05, 0) is 12.8 Å². The van der Waals surface area contributed by atoms with E-state index in [2.05, 4.69) is 10.7 Å². The van der Waals surface area contributed by atoms with Crippen LogP contribution in [0, 0.1) is 0 Å². The van der Waals surface area contributed by atoms with Crippen LogP contribution in [0.3, 0.4) is 0 Å². The third-order valence-electron chi connectivity index (χ3n) is 1.50. The third-order valence-corrected chi connectivity index (χ3v) is 2.52. The molecule has 0 aliphatic heterocycles. The Morgan fingerprint density at radius 2 is 1.44 bits per heavy atom. The molecule has 0 rings (SSSR count). The first-order chi connectivity index (χ1) is 7.54. The van der Waals surface area contributed by atoms with Gasteiger partial charge in [0, 0.05) is 0 Å². The van der Waals surface area contributed by atoms with E-state index in [4.69, 9.17) is 13.9 Å². The largest absolute Gasteiger partial charge is 0.472 e. The van der Waals surface area contributed by atoms with Gasteiger partial charge >= 0.3 is 7.82 Å². The lowest BCUT2D eigenvalue weighted by atomic mass is 10.4. The zero-order chi connectivity index (χ0) is 12.9. The molecule has 0 saturated carbocycles. The maximum Gasteiger partial charge on any atom is 0.472 e. The maximum absolute atomic E-state index is 11.1. The first kappa shape index (κ1) is 18.4. The van der Waals surface area contributed by atoms with E-state index in [1.54, 1.807) is 0 Å². The summed E-state index contributed by atoms with van der Waals surface area (Å²) >= 11 is 0. The standard InChI is InChI=1S/C8H19O4P.CH5NO/c1-3-5-7-11-13(9,10)12-8-6-4-2;1-3-2/h3-8H2,1-2H3,(H,9,10);2H2,1H3. The van der Waals surface area contributed by atoms with Crippen molar-refractivity contribution in [2.45, 2.75) is 39.5 Å². The molecule has 0 unspecified atom stereocenters. The van der Waals surface area contributed by atoms with Crippen molar-refractivity contribution in [3.8, 4) is 0 Å². The Morgan fingerprint density at radius 1 is 1.12 bits per heavy atom. The molecule has 0 saturated heterocycles. The van der Waals surface area contributed by atoms with Gasteiger partial charge < -0.3 is 9.73 Å². The van der Waals surface area contributed by atoms with Crippen LogP contribution in [0.1, 0.15) is 39.5 Å². The number of phosphoric acid groups is 1. The smallest absolute Gasteiger partial charge is 0.308 e. The van der Waals surface area contributed by atoms with Crippen LogP contribution in [0.15, 0.2) is 0 Å². The van der Waals surface area contributed by atoms with Crippen molar-refractivity contribution in [1.29, 1.82) is 0 Å². The van der Waals surface area contributed by atoms with Gasteiger partial charge in [0.25, 0.3) is 0 Å². The van der Waals surface area contributed by atoms with Gasteiger partial charge in [0.2, 0.25) is 0 Å². The second kappa shape index (κ2) is 13.1. The molecule has 3 N–H and O–H groups in total. The van der Waals surface area contributed by atoms with E-state index in [-0.39, 0.29) is 13.2 Å². The average molecular weight is 257 g/mol. The van der Waals surface area contributed by atoms with E-state index >= 15 is 0 Å². The highest BCUT2D eigenvalue weighted by Crippen LogP contribution is 2.43. The molecule has 0 aliphatic rings. The highest BCUT2D eigenvalue weighted by molar-refractivity contribution is 7.47. The van der Waals surface area contributed by atoms with Crippen LogP contribution in [0.5, 0.6) is 0 Å². The van der Waals surface area contributed by atoms with Crippen molar-refractivity contribution in [2.24, 2.45) is 5.90 Å². The molecule has 0 amide bonds. The molecule has 0 aromatic rings. The van der Waals surface area contributed by atoms with E-state index in [1.807, 2.05) is 13.8 Å². The van der Waals surface area contributed by atoms with Crippen LogP contribution in [0.2, 0.25) is 0 Å². The zero-order valence-electron chi connectivity index (χ0n) is 10.3. The molecular formula is C9H24NO5P. The molecule has 0 atom stereocenters. The van der Waals surface area contributed by atoms with E-state index < -0.39 is 7.82 Å². The Kier molecular flexibility index (Phi) is 15.1. The topological polar surface area (TPSA) is 91.0 Å². The summed E-state index contributed by atoms with van der Waals surface area (Å²) in [4.78, 5) is 12.8. The fraction of sp³-hybridized carbons (Fsp3) is 1.00. The van der Waals surface area contributed by atoms with Crippen LogP contribution in [0.25, 0.3) is 0 Å². The van der Waals surface area contributed by atoms with Crippen LogP contribution in [0.4, 0.5) is 0 Å². The first-order valence-corrected chi connectivity index (χ1v) is 6.88. The normalized spacial score (nSPS) is 10.8. The lowest BCUT2D eigenvalue weighted by molar-refractivity contribution is 0.146. The minimum atomic E-state index is -3.75. The van der Waals surface area contributed by atoms with Crippen LogP contribution in [-0.4, -0.2) is 25.2 Å². The quantitative estimate of drug-likeness (QED) is 0.393. The van der Waals surface area contributed by atoms with Gasteiger partial charge in [-0.15, -0.1) is 0 Å². The molecular weight excluding hydrogens is 233 g/mol. The van der Waals surface area contributed by atoms with E-state index in [9.17, 15) is 4.57 Å². The van der Waals surface area contributed by atoms with Gasteiger partial charge in [-0.2, -0.15) is 0 Å². The zero-order valence-corrected chi connectivity index (χ0v) is 11.2. The number of phosphoric ester groups is 1. The van der Waals surface area contributed by atoms with Crippen LogP contribution >= 0.6 is 7.82 Å². The Hall–Kier alpha value is 0.0300. The Balaban J connectivity index is 0. The number of rotatable bonds is 8. The minimum absolute atomic E-state index is 0.288. The maximum atomic E-state index is 11.1. The summed E-state index contributed by atoms with van der Waals surface area (Å²) in [6, 6.07) is 0. The molecule has 16 heavy (non-hydrogen) atoms. The van der Waals surface area contributed by atoms with Crippen molar-refractivity contribution in [1.82, 2.24) is 0 Å². The van der Waals surface area contributed by atoms with Crippen LogP contribution < -0.4 is 5.90 Å². The molecule has 0 aliphatic carbocycles. The summed E-state index contributed by atoms with van der Waals surface area (Å²) < 4.78 is 20.5. The van der Waals surface area contributed by atoms with E-state index in [0.717, 1.165) is 25.7 Å². The molecule has 6 nitrogen and oxygen atoms in total. The monoisotopic (exact) mass is 257 g/mol. The second-order valence-electron chi connectivity index (χ2n) is 3.08. The number of hydrogen-bond donors (Lipinski definition) is 2. The molecule has 0 radical (unpaired) electrons. The van der Waals surface area contributed by atoms with Gasteiger partial charge in [0.15, 0.2) is 0 Å². The predicted molar refractivity (Wildman–Crippen MR) is 62.7 cm³/mol. The Labute approximate surface area is 97.6 Å². The molecule has 0 fully saturated rings. The third kappa shape index (κ3) is 16.5. The highest BCUT2D eigenvalue weighted by Gasteiger charge is 2.19. The number of hydrogen-bond acceptors (Lipinski definition) is 5. The number of unbranched alkanes of at least 4 members (excludes halogenated alkanes) is 2. The fourth-order valence-corrected chi connectivity index (χ4v) is 1.48. The van der Waals surface area contributed by atoms with Gasteiger partial charge in [-0.25, -0.2) is 10.5 Å². The van der Waals surface area contributed by atoms with Gasteiger partial charge in [-0.1, -0.05) is 26.7 Å². The van der Waals surface area contributed by atoms with E-state index in [0.29, 0.717) is 0 Å². The van der Waals surface area contributed by atoms with Crippen molar-refractivity contribution in [3.05, 3.63) is 0 Å². The SMILES string of the molecule is CCCCOP(=O)(O)OCCCC.CON. The summed E-state index contributed by atoms with van der Waals surface area (Å²) in [6.07, 6.45) is 3.44. The summed E-state index contributed by atoms with van der Waals surface area (Å²) in [5.74, 6) is 4.35. The molecule has 7 heteroatoms. The molecule has 0 aromatic carbocycles. The minimum Gasteiger partial charge on any atom is -0.308 e. The fourth-order valence-electron chi connectivity index (χ4n) is 0.686. The van der Waals surface area contributed by atoms with Crippen LogP contribution in [-0.2, 0) is 18.5 Å². The summed E-state index contributed by atoms with van der Waals surface area (Å²) in [6.45, 7) is 4.56. The van der Waals surface area contributed by atoms with Gasteiger partial charge in [0.1, 0.15) is 0 Å². The Bertz CT molecular complexity index is 165. The lowest BCUT2D eigenvalue weighted by Gasteiger charge is -2.10. The number of nitrogens with two attached hydrogens (primary N) is 1. The molecule has 0 heterocycles. The lowest BCUT2D eigenvalue weighted by Crippen LogP contribution is -1.98. The Morgan fingerprint density at radius 3 is 1.69 bits per heavy atom. The van der Waals surface area contributed by atoms with Gasteiger partial charge in [0.05, 0.1) is 20.3 Å². The molecule has 0 bridgehead atoms. The average Bonchev–Trinajstić information content (AvgIpc) is 2.19. The second-order valence-corrected chi connectivity index (χ2v) is 4.53.